The summed E-state index contributed by atoms with van der Waals surface area (Å²) in [6, 6.07) is 9.48. The van der Waals surface area contributed by atoms with Crippen molar-refractivity contribution in [3.05, 3.63) is 52.7 Å². The SMILES string of the molecule is CC(=O)O[C@H]1[C@H](Oc2cc(O)c3c(=O)cc(-c4ccc(O)cc4)oc3c2)O[C@@H](CO)[C@@H](O)[C@@H]1OC(C)=O. The summed E-state index contributed by atoms with van der Waals surface area (Å²) in [4.78, 5) is 36.1. The van der Waals surface area contributed by atoms with E-state index in [0.717, 1.165) is 19.9 Å². The molecule has 2 heterocycles. The standard InChI is InChI=1S/C25H24O12/c1-11(27)33-23-22(32)20(10-26)37-25(24(23)34-12(2)28)35-15-7-16(30)21-17(31)9-18(36-19(21)8-15)13-3-5-14(29)6-4-13/h3-9,20,22-26,29-30,32H,10H2,1-2H3/t20-,22+,23-,24+,25+/m0/s1. The Morgan fingerprint density at radius 3 is 2.24 bits per heavy atom. The molecule has 0 unspecified atom stereocenters. The Labute approximate surface area is 209 Å². The summed E-state index contributed by atoms with van der Waals surface area (Å²) in [5.74, 6) is -1.97. The highest BCUT2D eigenvalue weighted by molar-refractivity contribution is 5.86. The number of phenolic OH excluding ortho intramolecular Hbond substituents is 2. The molecular weight excluding hydrogens is 492 g/mol. The van der Waals surface area contributed by atoms with Gasteiger partial charge in [-0.15, -0.1) is 0 Å². The number of esters is 2. The first-order valence-corrected chi connectivity index (χ1v) is 11.1. The van der Waals surface area contributed by atoms with E-state index in [9.17, 15) is 34.8 Å². The summed E-state index contributed by atoms with van der Waals surface area (Å²) in [6.07, 6.45) is -7.21. The van der Waals surface area contributed by atoms with Gasteiger partial charge in [0.05, 0.1) is 6.61 Å². The highest BCUT2D eigenvalue weighted by Gasteiger charge is 2.50. The molecule has 37 heavy (non-hydrogen) atoms. The third-order valence-corrected chi connectivity index (χ3v) is 5.59. The number of aliphatic hydroxyl groups is 2. The van der Waals surface area contributed by atoms with Crippen molar-refractivity contribution >= 4 is 22.9 Å². The van der Waals surface area contributed by atoms with Gasteiger partial charge in [-0.1, -0.05) is 0 Å². The van der Waals surface area contributed by atoms with Crippen LogP contribution in [0.15, 0.2) is 51.7 Å². The Hall–Kier alpha value is -4.13. The quantitative estimate of drug-likeness (QED) is 0.344. The molecule has 1 aliphatic heterocycles. The average Bonchev–Trinajstić information content (AvgIpc) is 2.82. The number of aliphatic hydroxyl groups excluding tert-OH is 2. The molecule has 12 nitrogen and oxygen atoms in total. The molecular formula is C25H24O12. The zero-order valence-electron chi connectivity index (χ0n) is 19.7. The van der Waals surface area contributed by atoms with Gasteiger partial charge in [0.1, 0.15) is 46.2 Å². The number of fused-ring (bicyclic) bond motifs is 1. The molecule has 2 aromatic carbocycles. The van der Waals surface area contributed by atoms with Crippen LogP contribution in [0.1, 0.15) is 13.8 Å². The largest absolute Gasteiger partial charge is 0.508 e. The zero-order valence-corrected chi connectivity index (χ0v) is 19.7. The molecule has 196 valence electrons. The second-order valence-electron chi connectivity index (χ2n) is 8.32. The van der Waals surface area contributed by atoms with Gasteiger partial charge in [0.25, 0.3) is 0 Å². The number of carbonyl (C=O) groups excluding carboxylic acids is 2. The van der Waals surface area contributed by atoms with Crippen molar-refractivity contribution in [2.45, 2.75) is 44.6 Å². The molecule has 0 aliphatic carbocycles. The lowest BCUT2D eigenvalue weighted by molar-refractivity contribution is -0.285. The van der Waals surface area contributed by atoms with Crippen LogP contribution in [0.3, 0.4) is 0 Å². The van der Waals surface area contributed by atoms with Crippen LogP contribution in [-0.2, 0) is 23.8 Å². The van der Waals surface area contributed by atoms with E-state index < -0.39 is 60.4 Å². The molecule has 5 atom stereocenters. The molecule has 1 fully saturated rings. The fourth-order valence-electron chi connectivity index (χ4n) is 3.99. The van der Waals surface area contributed by atoms with Crippen molar-refractivity contribution in [1.82, 2.24) is 0 Å². The molecule has 4 rings (SSSR count). The van der Waals surface area contributed by atoms with Crippen LogP contribution in [0.25, 0.3) is 22.3 Å². The number of ether oxygens (including phenoxy) is 4. The van der Waals surface area contributed by atoms with Crippen LogP contribution in [0, 0.1) is 0 Å². The fourth-order valence-corrected chi connectivity index (χ4v) is 3.99. The topological polar surface area (TPSA) is 182 Å². The Bertz CT molecular complexity index is 1360. The van der Waals surface area contributed by atoms with Crippen molar-refractivity contribution < 1.29 is 53.4 Å². The maximum Gasteiger partial charge on any atom is 0.303 e. The van der Waals surface area contributed by atoms with Crippen LogP contribution < -0.4 is 10.2 Å². The minimum absolute atomic E-state index is 0.0217. The van der Waals surface area contributed by atoms with Crippen LogP contribution in [0.4, 0.5) is 0 Å². The monoisotopic (exact) mass is 516 g/mol. The average molecular weight is 516 g/mol. The van der Waals surface area contributed by atoms with Crippen LogP contribution in [0.2, 0.25) is 0 Å². The Kier molecular flexibility index (Phi) is 7.34. The van der Waals surface area contributed by atoms with E-state index in [4.69, 9.17) is 23.4 Å². The molecule has 0 bridgehead atoms. The number of benzene rings is 2. The summed E-state index contributed by atoms with van der Waals surface area (Å²) < 4.78 is 27.5. The number of carbonyl (C=O) groups is 2. The van der Waals surface area contributed by atoms with Gasteiger partial charge < -0.3 is 43.8 Å². The maximum absolute atomic E-state index is 12.7. The van der Waals surface area contributed by atoms with Gasteiger partial charge in [0, 0.05) is 37.6 Å². The second-order valence-corrected chi connectivity index (χ2v) is 8.32. The van der Waals surface area contributed by atoms with Crippen molar-refractivity contribution in [3.8, 4) is 28.6 Å². The Morgan fingerprint density at radius 2 is 1.62 bits per heavy atom. The molecule has 1 aromatic heterocycles. The van der Waals surface area contributed by atoms with Gasteiger partial charge in [-0.2, -0.15) is 0 Å². The molecule has 0 radical (unpaired) electrons. The van der Waals surface area contributed by atoms with E-state index in [1.54, 1.807) is 0 Å². The zero-order chi connectivity index (χ0) is 26.9. The van der Waals surface area contributed by atoms with Gasteiger partial charge in [-0.25, -0.2) is 0 Å². The lowest BCUT2D eigenvalue weighted by atomic mass is 9.98. The summed E-state index contributed by atoms with van der Waals surface area (Å²) in [7, 11) is 0. The van der Waals surface area contributed by atoms with Crippen molar-refractivity contribution in [2.24, 2.45) is 0 Å². The third-order valence-electron chi connectivity index (χ3n) is 5.59. The van der Waals surface area contributed by atoms with Crippen LogP contribution in [0.5, 0.6) is 17.2 Å². The fraction of sp³-hybridized carbons (Fsp3) is 0.320. The molecule has 1 saturated heterocycles. The molecule has 4 N–H and O–H groups in total. The summed E-state index contributed by atoms with van der Waals surface area (Å²) in [6.45, 7) is 1.50. The molecule has 12 heteroatoms. The van der Waals surface area contributed by atoms with Crippen molar-refractivity contribution in [2.75, 3.05) is 6.61 Å². The van der Waals surface area contributed by atoms with Gasteiger partial charge in [0.2, 0.25) is 12.4 Å². The van der Waals surface area contributed by atoms with E-state index in [-0.39, 0.29) is 28.2 Å². The lowest BCUT2D eigenvalue weighted by Crippen LogP contribution is -2.62. The van der Waals surface area contributed by atoms with Crippen molar-refractivity contribution in [1.29, 1.82) is 0 Å². The van der Waals surface area contributed by atoms with E-state index in [0.29, 0.717) is 5.56 Å². The molecule has 3 aromatic rings. The summed E-state index contributed by atoms with van der Waals surface area (Å²) >= 11 is 0. The van der Waals surface area contributed by atoms with Crippen molar-refractivity contribution in [3.63, 3.8) is 0 Å². The summed E-state index contributed by atoms with van der Waals surface area (Å²) in [5.41, 5.74) is -0.115. The number of hydrogen-bond acceptors (Lipinski definition) is 12. The Balaban J connectivity index is 1.74. The number of aromatic hydroxyl groups is 2. The second kappa shape index (κ2) is 10.5. The first-order chi connectivity index (χ1) is 17.6. The smallest absolute Gasteiger partial charge is 0.303 e. The predicted octanol–water partition coefficient (Wildman–Crippen LogP) is 1.19. The normalized spacial score (nSPS) is 23.4. The van der Waals surface area contributed by atoms with Gasteiger partial charge in [-0.3, -0.25) is 14.4 Å². The highest BCUT2D eigenvalue weighted by Crippen LogP contribution is 2.34. The predicted molar refractivity (Wildman–Crippen MR) is 125 cm³/mol. The first-order valence-electron chi connectivity index (χ1n) is 11.1. The molecule has 1 aliphatic rings. The minimum atomic E-state index is -1.55. The van der Waals surface area contributed by atoms with Gasteiger partial charge >= 0.3 is 11.9 Å². The number of phenols is 2. The minimum Gasteiger partial charge on any atom is -0.508 e. The third kappa shape index (κ3) is 5.50. The maximum atomic E-state index is 12.7. The molecule has 0 saturated carbocycles. The molecule has 0 spiro atoms. The number of rotatable bonds is 6. The Morgan fingerprint density at radius 1 is 0.973 bits per heavy atom. The van der Waals surface area contributed by atoms with Crippen LogP contribution >= 0.6 is 0 Å². The number of hydrogen-bond donors (Lipinski definition) is 4. The van der Waals surface area contributed by atoms with Gasteiger partial charge in [0.15, 0.2) is 11.5 Å². The summed E-state index contributed by atoms with van der Waals surface area (Å²) in [5, 5.41) is 40.1. The van der Waals surface area contributed by atoms with E-state index in [2.05, 4.69) is 0 Å². The van der Waals surface area contributed by atoms with E-state index >= 15 is 0 Å². The van der Waals surface area contributed by atoms with E-state index in [1.807, 2.05) is 0 Å². The lowest BCUT2D eigenvalue weighted by Gasteiger charge is -2.42. The van der Waals surface area contributed by atoms with Crippen LogP contribution in [-0.4, -0.2) is 69.7 Å². The van der Waals surface area contributed by atoms with E-state index in [1.165, 1.54) is 36.4 Å². The first kappa shape index (κ1) is 25.9. The van der Waals surface area contributed by atoms with Gasteiger partial charge in [-0.05, 0) is 24.3 Å². The molecule has 0 amide bonds. The highest BCUT2D eigenvalue weighted by atomic mass is 16.7.